The van der Waals surface area contributed by atoms with E-state index < -0.39 is 0 Å². The summed E-state index contributed by atoms with van der Waals surface area (Å²) in [5.74, 6) is 1.07. The van der Waals surface area contributed by atoms with Crippen LogP contribution in [0.15, 0.2) is 34.9 Å². The minimum atomic E-state index is 0.458. The quantitative estimate of drug-likeness (QED) is 0.826. The second kappa shape index (κ2) is 4.49. The lowest BCUT2D eigenvalue weighted by Gasteiger charge is -2.13. The average Bonchev–Trinajstić information content (AvgIpc) is 2.67. The van der Waals surface area contributed by atoms with Gasteiger partial charge in [-0.15, -0.1) is 0 Å². The molecule has 80 valence electrons. The molecular formula is C13H17NO. The SMILES string of the molecule is CCNC(C)Cc1occc2cccc1-2. The van der Waals surface area contributed by atoms with Crippen molar-refractivity contribution in [3.8, 4) is 11.1 Å². The molecule has 0 aromatic rings. The zero-order valence-corrected chi connectivity index (χ0v) is 9.29. The summed E-state index contributed by atoms with van der Waals surface area (Å²) in [5.41, 5.74) is 2.50. The molecule has 1 unspecified atom stereocenters. The Morgan fingerprint density at radius 3 is 3.00 bits per heavy atom. The first-order valence-electron chi connectivity index (χ1n) is 5.49. The largest absolute Gasteiger partial charge is 0.469 e. The van der Waals surface area contributed by atoms with Crippen molar-refractivity contribution in [3.05, 3.63) is 36.3 Å². The van der Waals surface area contributed by atoms with Crippen LogP contribution in [-0.4, -0.2) is 12.6 Å². The van der Waals surface area contributed by atoms with E-state index in [1.165, 1.54) is 11.1 Å². The molecule has 1 aliphatic carbocycles. The third-order valence-corrected chi connectivity index (χ3v) is 2.65. The fraction of sp³-hybridized carbons (Fsp3) is 0.385. The second-order valence-electron chi connectivity index (χ2n) is 3.90. The number of likely N-dealkylation sites (N-methyl/N-ethyl adjacent to an activating group) is 1. The van der Waals surface area contributed by atoms with E-state index in [1.807, 2.05) is 6.07 Å². The van der Waals surface area contributed by atoms with Crippen LogP contribution in [0.5, 0.6) is 0 Å². The van der Waals surface area contributed by atoms with Crippen LogP contribution in [0.25, 0.3) is 11.1 Å². The van der Waals surface area contributed by atoms with Gasteiger partial charge >= 0.3 is 0 Å². The molecular weight excluding hydrogens is 186 g/mol. The van der Waals surface area contributed by atoms with Crippen LogP contribution >= 0.6 is 0 Å². The van der Waals surface area contributed by atoms with Crippen LogP contribution in [0.4, 0.5) is 0 Å². The summed E-state index contributed by atoms with van der Waals surface area (Å²) in [7, 11) is 0. The Bertz CT molecular complexity index is 394. The van der Waals surface area contributed by atoms with Gasteiger partial charge in [-0.25, -0.2) is 0 Å². The van der Waals surface area contributed by atoms with Gasteiger partial charge in [0.15, 0.2) is 0 Å². The van der Waals surface area contributed by atoms with Gasteiger partial charge in [0.25, 0.3) is 0 Å². The highest BCUT2D eigenvalue weighted by molar-refractivity contribution is 5.67. The van der Waals surface area contributed by atoms with Crippen molar-refractivity contribution in [2.75, 3.05) is 6.54 Å². The Hall–Kier alpha value is -1.28. The molecule has 0 amide bonds. The summed E-state index contributed by atoms with van der Waals surface area (Å²) in [5, 5.41) is 3.39. The summed E-state index contributed by atoms with van der Waals surface area (Å²) in [6.45, 7) is 5.30. The van der Waals surface area contributed by atoms with E-state index in [0.29, 0.717) is 6.04 Å². The summed E-state index contributed by atoms with van der Waals surface area (Å²) < 4.78 is 5.58. The maximum atomic E-state index is 5.58. The number of hydrogen-bond donors (Lipinski definition) is 1. The maximum absolute atomic E-state index is 5.58. The predicted molar refractivity (Wildman–Crippen MR) is 62.2 cm³/mol. The monoisotopic (exact) mass is 203 g/mol. The van der Waals surface area contributed by atoms with E-state index in [1.54, 1.807) is 6.26 Å². The van der Waals surface area contributed by atoms with Crippen molar-refractivity contribution in [3.63, 3.8) is 0 Å². The Labute approximate surface area is 90.6 Å². The first-order valence-corrected chi connectivity index (χ1v) is 5.49. The molecule has 0 aromatic heterocycles. The van der Waals surface area contributed by atoms with Crippen molar-refractivity contribution in [1.82, 2.24) is 5.32 Å². The molecule has 1 atom stereocenters. The van der Waals surface area contributed by atoms with E-state index in [2.05, 4.69) is 37.4 Å². The lowest BCUT2D eigenvalue weighted by Crippen LogP contribution is -2.27. The minimum Gasteiger partial charge on any atom is -0.469 e. The molecule has 2 nitrogen and oxygen atoms in total. The van der Waals surface area contributed by atoms with Crippen LogP contribution in [0, 0.1) is 0 Å². The van der Waals surface area contributed by atoms with Crippen molar-refractivity contribution in [2.45, 2.75) is 26.3 Å². The first-order chi connectivity index (χ1) is 7.31. The zero-order chi connectivity index (χ0) is 10.7. The fourth-order valence-electron chi connectivity index (χ4n) is 1.94. The molecule has 15 heavy (non-hydrogen) atoms. The molecule has 0 fully saturated rings. The molecule has 0 spiro atoms. The molecule has 2 rings (SSSR count). The smallest absolute Gasteiger partial charge is 0.112 e. The highest BCUT2D eigenvalue weighted by Crippen LogP contribution is 2.27. The first kappa shape index (κ1) is 10.2. The van der Waals surface area contributed by atoms with Gasteiger partial charge < -0.3 is 9.73 Å². The number of hydrogen-bond acceptors (Lipinski definition) is 2. The van der Waals surface area contributed by atoms with Crippen molar-refractivity contribution >= 4 is 0 Å². The summed E-state index contributed by atoms with van der Waals surface area (Å²) in [6.07, 6.45) is 2.71. The van der Waals surface area contributed by atoms with Crippen molar-refractivity contribution < 1.29 is 4.42 Å². The summed E-state index contributed by atoms with van der Waals surface area (Å²) in [4.78, 5) is 0. The Morgan fingerprint density at radius 2 is 2.20 bits per heavy atom. The Balaban J connectivity index is 2.18. The van der Waals surface area contributed by atoms with Gasteiger partial charge in [-0.05, 0) is 25.1 Å². The molecule has 0 saturated carbocycles. The molecule has 1 aliphatic heterocycles. The zero-order valence-electron chi connectivity index (χ0n) is 9.29. The average molecular weight is 203 g/mol. The third-order valence-electron chi connectivity index (χ3n) is 2.65. The number of fused-ring (bicyclic) bond motifs is 1. The van der Waals surface area contributed by atoms with Gasteiger partial charge in [0.1, 0.15) is 5.76 Å². The van der Waals surface area contributed by atoms with Crippen molar-refractivity contribution in [2.24, 2.45) is 0 Å². The lowest BCUT2D eigenvalue weighted by atomic mass is 10.1. The van der Waals surface area contributed by atoms with Crippen LogP contribution in [0.1, 0.15) is 19.6 Å². The predicted octanol–water partition coefficient (Wildman–Crippen LogP) is 2.92. The third kappa shape index (κ3) is 2.21. The van der Waals surface area contributed by atoms with Crippen molar-refractivity contribution in [1.29, 1.82) is 0 Å². The van der Waals surface area contributed by atoms with E-state index in [9.17, 15) is 0 Å². The second-order valence-corrected chi connectivity index (χ2v) is 3.90. The highest BCUT2D eigenvalue weighted by atomic mass is 16.3. The molecule has 0 aromatic carbocycles. The Kier molecular flexibility index (Phi) is 3.07. The van der Waals surface area contributed by atoms with Gasteiger partial charge in [-0.2, -0.15) is 0 Å². The lowest BCUT2D eigenvalue weighted by molar-refractivity contribution is 0.452. The van der Waals surface area contributed by atoms with Gasteiger partial charge in [0.05, 0.1) is 6.26 Å². The molecule has 1 heterocycles. The van der Waals surface area contributed by atoms with Crippen LogP contribution in [0.3, 0.4) is 0 Å². The fourth-order valence-corrected chi connectivity index (χ4v) is 1.94. The summed E-state index contributed by atoms with van der Waals surface area (Å²) in [6, 6.07) is 8.77. The maximum Gasteiger partial charge on any atom is 0.112 e. The van der Waals surface area contributed by atoms with Crippen LogP contribution < -0.4 is 5.32 Å². The van der Waals surface area contributed by atoms with Gasteiger partial charge in [-0.1, -0.05) is 25.1 Å². The molecule has 1 N–H and O–H groups in total. The van der Waals surface area contributed by atoms with E-state index in [0.717, 1.165) is 18.7 Å². The Morgan fingerprint density at radius 1 is 1.33 bits per heavy atom. The normalized spacial score (nSPS) is 13.2. The van der Waals surface area contributed by atoms with E-state index in [4.69, 9.17) is 4.42 Å². The van der Waals surface area contributed by atoms with Crippen LogP contribution in [0.2, 0.25) is 0 Å². The number of nitrogens with one attached hydrogen (secondary N) is 1. The van der Waals surface area contributed by atoms with Gasteiger partial charge in [0, 0.05) is 18.0 Å². The topological polar surface area (TPSA) is 25.2 Å². The van der Waals surface area contributed by atoms with Crippen LogP contribution in [-0.2, 0) is 6.42 Å². The molecule has 0 saturated heterocycles. The molecule has 0 radical (unpaired) electrons. The standard InChI is InChI=1S/C13H17NO/c1-3-14-10(2)9-13-12-6-4-5-11(12)7-8-15-13/h4-8,10,14H,3,9H2,1-2H3. The molecule has 0 bridgehead atoms. The summed E-state index contributed by atoms with van der Waals surface area (Å²) >= 11 is 0. The highest BCUT2D eigenvalue weighted by Gasteiger charge is 2.12. The van der Waals surface area contributed by atoms with Gasteiger partial charge in [0.2, 0.25) is 0 Å². The van der Waals surface area contributed by atoms with Gasteiger partial charge in [-0.3, -0.25) is 0 Å². The molecule has 2 aliphatic rings. The van der Waals surface area contributed by atoms with E-state index >= 15 is 0 Å². The van der Waals surface area contributed by atoms with E-state index in [-0.39, 0.29) is 0 Å². The molecule has 2 heteroatoms. The number of rotatable bonds is 4. The minimum absolute atomic E-state index is 0.458.